The van der Waals surface area contributed by atoms with E-state index in [0.717, 1.165) is 23.7 Å². The maximum Gasteiger partial charge on any atom is 0.00289 e. The van der Waals surface area contributed by atoms with Crippen molar-refractivity contribution in [1.29, 1.82) is 0 Å². The van der Waals surface area contributed by atoms with Crippen LogP contribution in [0.25, 0.3) is 0 Å². The molecule has 11 heavy (non-hydrogen) atoms. The van der Waals surface area contributed by atoms with Gasteiger partial charge in [-0.15, -0.1) is 0 Å². The largest absolute Gasteiger partial charge is 0.0861 e. The molecule has 0 nitrogen and oxygen atoms in total. The minimum Gasteiger partial charge on any atom is -0.0861 e. The lowest BCUT2D eigenvalue weighted by Crippen LogP contribution is -2.16. The first-order chi connectivity index (χ1) is 5.20. The van der Waals surface area contributed by atoms with E-state index >= 15 is 0 Å². The van der Waals surface area contributed by atoms with Crippen molar-refractivity contribution in [1.82, 2.24) is 0 Å². The highest BCUT2D eigenvalue weighted by molar-refractivity contribution is 14.1. The van der Waals surface area contributed by atoms with Crippen LogP contribution < -0.4 is 0 Å². The predicted molar refractivity (Wildman–Crippen MR) is 59.1 cm³/mol. The fraction of sp³-hybridized carbons (Fsp3) is 1.00. The van der Waals surface area contributed by atoms with Gasteiger partial charge in [0, 0.05) is 4.43 Å². The van der Waals surface area contributed by atoms with Crippen LogP contribution in [0.15, 0.2) is 0 Å². The molecule has 0 heterocycles. The van der Waals surface area contributed by atoms with Crippen LogP contribution in [0.4, 0.5) is 0 Å². The zero-order valence-electron chi connectivity index (χ0n) is 7.81. The monoisotopic (exact) mass is 266 g/mol. The fourth-order valence-electron chi connectivity index (χ4n) is 2.75. The number of rotatable bonds is 2. The van der Waals surface area contributed by atoms with Crippen molar-refractivity contribution < 1.29 is 0 Å². The van der Waals surface area contributed by atoms with E-state index in [1.807, 2.05) is 0 Å². The zero-order chi connectivity index (χ0) is 8.43. The standard InChI is InChI=1S/C10H19I/c1-4-9-7(2)5-8(3)10(9)6-11/h7-10H,4-6H2,1-3H3/t7-,8+,9+,10?/m0/s1. The van der Waals surface area contributed by atoms with Gasteiger partial charge in [-0.25, -0.2) is 0 Å². The molecule has 0 aromatic carbocycles. The van der Waals surface area contributed by atoms with Crippen molar-refractivity contribution >= 4 is 22.6 Å². The Morgan fingerprint density at radius 1 is 1.18 bits per heavy atom. The normalized spacial score (nSPS) is 44.7. The van der Waals surface area contributed by atoms with Gasteiger partial charge < -0.3 is 0 Å². The molecule has 1 aliphatic carbocycles. The van der Waals surface area contributed by atoms with E-state index in [1.54, 1.807) is 0 Å². The van der Waals surface area contributed by atoms with Crippen LogP contribution in [0.1, 0.15) is 33.6 Å². The molecule has 66 valence electrons. The maximum absolute atomic E-state index is 2.55. The first kappa shape index (κ1) is 9.82. The second-order valence-electron chi connectivity index (χ2n) is 4.08. The van der Waals surface area contributed by atoms with Gasteiger partial charge >= 0.3 is 0 Å². The van der Waals surface area contributed by atoms with E-state index in [4.69, 9.17) is 0 Å². The molecular formula is C10H19I. The van der Waals surface area contributed by atoms with Gasteiger partial charge in [-0.1, -0.05) is 49.8 Å². The molecule has 0 aromatic rings. The summed E-state index contributed by atoms with van der Waals surface area (Å²) in [6, 6.07) is 0. The average Bonchev–Trinajstić information content (AvgIpc) is 2.24. The molecule has 0 aromatic heterocycles. The number of halogens is 1. The minimum atomic E-state index is 0.979. The smallest absolute Gasteiger partial charge is 0.00289 e. The molecule has 1 aliphatic rings. The molecule has 1 fully saturated rings. The Morgan fingerprint density at radius 2 is 1.73 bits per heavy atom. The molecule has 0 spiro atoms. The van der Waals surface area contributed by atoms with Crippen LogP contribution in [0.2, 0.25) is 0 Å². The van der Waals surface area contributed by atoms with Crippen LogP contribution in [0.3, 0.4) is 0 Å². The molecule has 0 amide bonds. The van der Waals surface area contributed by atoms with Crippen molar-refractivity contribution in [2.75, 3.05) is 4.43 Å². The lowest BCUT2D eigenvalue weighted by molar-refractivity contribution is 0.322. The van der Waals surface area contributed by atoms with Gasteiger partial charge in [-0.05, 0) is 30.1 Å². The van der Waals surface area contributed by atoms with E-state index in [9.17, 15) is 0 Å². The summed E-state index contributed by atoms with van der Waals surface area (Å²) in [6.07, 6.45) is 2.85. The van der Waals surface area contributed by atoms with Crippen molar-refractivity contribution in [2.45, 2.75) is 33.6 Å². The fourth-order valence-corrected chi connectivity index (χ4v) is 4.27. The van der Waals surface area contributed by atoms with Gasteiger partial charge in [0.15, 0.2) is 0 Å². The van der Waals surface area contributed by atoms with E-state index in [2.05, 4.69) is 43.4 Å². The first-order valence-electron chi connectivity index (χ1n) is 4.76. The number of hydrogen-bond donors (Lipinski definition) is 0. The molecule has 0 aliphatic heterocycles. The molecule has 1 saturated carbocycles. The van der Waals surface area contributed by atoms with Crippen molar-refractivity contribution in [3.63, 3.8) is 0 Å². The quantitative estimate of drug-likeness (QED) is 0.527. The van der Waals surface area contributed by atoms with E-state index in [1.165, 1.54) is 17.3 Å². The summed E-state index contributed by atoms with van der Waals surface area (Å²) in [6.45, 7) is 7.20. The highest BCUT2D eigenvalue weighted by Crippen LogP contribution is 2.43. The Bertz CT molecular complexity index is 108. The summed E-state index contributed by atoms with van der Waals surface area (Å²) < 4.78 is 1.36. The summed E-state index contributed by atoms with van der Waals surface area (Å²) in [7, 11) is 0. The Morgan fingerprint density at radius 3 is 2.09 bits per heavy atom. The van der Waals surface area contributed by atoms with Crippen molar-refractivity contribution in [3.8, 4) is 0 Å². The third-order valence-electron chi connectivity index (χ3n) is 3.40. The highest BCUT2D eigenvalue weighted by Gasteiger charge is 2.36. The molecule has 0 bridgehead atoms. The van der Waals surface area contributed by atoms with Crippen LogP contribution in [0, 0.1) is 23.7 Å². The van der Waals surface area contributed by atoms with E-state index < -0.39 is 0 Å². The molecule has 0 radical (unpaired) electrons. The Labute approximate surface area is 84.3 Å². The molecule has 0 saturated heterocycles. The van der Waals surface area contributed by atoms with Gasteiger partial charge in [0.25, 0.3) is 0 Å². The molecular weight excluding hydrogens is 247 g/mol. The molecule has 1 rings (SSSR count). The third kappa shape index (κ3) is 1.90. The highest BCUT2D eigenvalue weighted by atomic mass is 127. The number of alkyl halides is 1. The van der Waals surface area contributed by atoms with Gasteiger partial charge in [-0.3, -0.25) is 0 Å². The minimum absolute atomic E-state index is 0.979. The van der Waals surface area contributed by atoms with E-state index in [0.29, 0.717) is 0 Å². The van der Waals surface area contributed by atoms with Crippen LogP contribution >= 0.6 is 22.6 Å². The molecule has 4 atom stereocenters. The van der Waals surface area contributed by atoms with Gasteiger partial charge in [0.1, 0.15) is 0 Å². The Kier molecular flexibility index (Phi) is 3.66. The SMILES string of the molecule is CC[C@H]1C(CI)[C@H](C)C[C@@H]1C. The average molecular weight is 266 g/mol. The summed E-state index contributed by atoms with van der Waals surface area (Å²) in [5, 5.41) is 0. The van der Waals surface area contributed by atoms with Crippen molar-refractivity contribution in [2.24, 2.45) is 23.7 Å². The Hall–Kier alpha value is 0.730. The summed E-state index contributed by atoms with van der Waals surface area (Å²) in [5.74, 6) is 3.99. The summed E-state index contributed by atoms with van der Waals surface area (Å²) in [5.41, 5.74) is 0. The Balaban J connectivity index is 2.59. The van der Waals surface area contributed by atoms with Crippen LogP contribution in [-0.4, -0.2) is 4.43 Å². The maximum atomic E-state index is 2.55. The summed E-state index contributed by atoms with van der Waals surface area (Å²) in [4.78, 5) is 0. The molecule has 0 N–H and O–H groups in total. The molecule has 1 unspecified atom stereocenters. The second-order valence-corrected chi connectivity index (χ2v) is 4.96. The molecule has 1 heteroatoms. The van der Waals surface area contributed by atoms with Gasteiger partial charge in [-0.2, -0.15) is 0 Å². The zero-order valence-corrected chi connectivity index (χ0v) is 9.97. The topological polar surface area (TPSA) is 0 Å². The third-order valence-corrected chi connectivity index (χ3v) is 4.42. The summed E-state index contributed by atoms with van der Waals surface area (Å²) >= 11 is 2.55. The lowest BCUT2D eigenvalue weighted by atomic mass is 9.88. The first-order valence-corrected chi connectivity index (χ1v) is 6.29. The second kappa shape index (κ2) is 4.11. The van der Waals surface area contributed by atoms with Gasteiger partial charge in [0.2, 0.25) is 0 Å². The number of hydrogen-bond acceptors (Lipinski definition) is 0. The van der Waals surface area contributed by atoms with Crippen LogP contribution in [-0.2, 0) is 0 Å². The van der Waals surface area contributed by atoms with Crippen molar-refractivity contribution in [3.05, 3.63) is 0 Å². The lowest BCUT2D eigenvalue weighted by Gasteiger charge is -2.20. The van der Waals surface area contributed by atoms with E-state index in [-0.39, 0.29) is 0 Å². The predicted octanol–water partition coefficient (Wildman–Crippen LogP) is 3.74. The van der Waals surface area contributed by atoms with Crippen LogP contribution in [0.5, 0.6) is 0 Å². The van der Waals surface area contributed by atoms with Gasteiger partial charge in [0.05, 0.1) is 0 Å².